The van der Waals surface area contributed by atoms with Gasteiger partial charge in [0, 0.05) is 24.7 Å². The second kappa shape index (κ2) is 30.6. The van der Waals surface area contributed by atoms with Crippen molar-refractivity contribution in [1.82, 2.24) is 0 Å². The van der Waals surface area contributed by atoms with Gasteiger partial charge in [0.1, 0.15) is 62.0 Å². The molecular weight excluding hydrogens is 1030 g/mol. The molecule has 16 nitrogen and oxygen atoms in total. The minimum absolute atomic E-state index is 0.0792. The lowest BCUT2D eigenvalue weighted by Gasteiger charge is -2.47. The zero-order valence-electron chi connectivity index (χ0n) is 45.4. The molecule has 11 atom stereocenters. The zero-order chi connectivity index (χ0) is 56.0. The zero-order valence-corrected chi connectivity index (χ0v) is 45.4. The average Bonchev–Trinajstić information content (AvgIpc) is 3.66. The summed E-state index contributed by atoms with van der Waals surface area (Å²) in [6.07, 6.45) is -10.3. The lowest BCUT2D eigenvalue weighted by atomic mass is 9.97. The molecule has 0 radical (unpaired) electrons. The van der Waals surface area contributed by atoms with E-state index in [2.05, 4.69) is 0 Å². The van der Waals surface area contributed by atoms with Crippen LogP contribution in [0.5, 0.6) is 0 Å². The monoisotopic (exact) mass is 1100 g/mol. The summed E-state index contributed by atoms with van der Waals surface area (Å²) in [6.45, 7) is 2.11. The molecule has 16 heteroatoms. The maximum atomic E-state index is 13.6. The summed E-state index contributed by atoms with van der Waals surface area (Å²) in [5.41, 5.74) is 5.81. The first-order chi connectivity index (χ1) is 39.8. The fraction of sp³-hybridized carbons (Fsp3) is 0.338. The van der Waals surface area contributed by atoms with E-state index in [0.717, 1.165) is 33.4 Å². The number of hydrogen-bond acceptors (Lipinski definition) is 15. The molecule has 2 unspecified atom stereocenters. The Bertz CT molecular complexity index is 2930. The minimum atomic E-state index is -1.22. The molecule has 0 bridgehead atoms. The Kier molecular flexibility index (Phi) is 22.1. The SMILES string of the molecule is CO[C@H]1O[C@H](COC2O[C@H](COC(=O)OCC(C)c3ccccc3[N+](=O)[O-])[C@H](OCc3ccccc3)[C@H](OCc3ccccc3)[C@H]2OCc2ccccc2)[C@@H](OCc2ccccc2)[C@H](OCc2ccccc2)[C@H]1OCc1ccccc1. The second-order valence-corrected chi connectivity index (χ2v) is 19.8. The Labute approximate surface area is 472 Å². The van der Waals surface area contributed by atoms with Gasteiger partial charge in [-0.2, -0.15) is 0 Å². The third-order valence-corrected chi connectivity index (χ3v) is 14.0. The maximum Gasteiger partial charge on any atom is 0.508 e. The first kappa shape index (κ1) is 58.5. The number of benzene rings is 7. The Morgan fingerprint density at radius 2 is 0.765 bits per heavy atom. The van der Waals surface area contributed by atoms with Gasteiger partial charge in [0.15, 0.2) is 12.6 Å². The predicted molar refractivity (Wildman–Crippen MR) is 299 cm³/mol. The summed E-state index contributed by atoms with van der Waals surface area (Å²) >= 11 is 0. The average molecular weight is 1100 g/mol. The number of para-hydroxylation sites is 1. The van der Waals surface area contributed by atoms with Crippen molar-refractivity contribution < 1.29 is 66.6 Å². The molecule has 2 saturated heterocycles. The van der Waals surface area contributed by atoms with Crippen LogP contribution in [0.25, 0.3) is 0 Å². The second-order valence-electron chi connectivity index (χ2n) is 19.8. The van der Waals surface area contributed by atoms with Gasteiger partial charge in [-0.15, -0.1) is 0 Å². The number of nitro groups is 1. The van der Waals surface area contributed by atoms with Gasteiger partial charge in [-0.1, -0.05) is 207 Å². The third kappa shape index (κ3) is 16.9. The molecule has 0 aliphatic carbocycles. The molecule has 0 amide bonds. The molecule has 0 saturated carbocycles. The normalized spacial score (nSPS) is 23.0. The molecule has 0 N–H and O–H groups in total. The van der Waals surface area contributed by atoms with Crippen LogP contribution in [0.15, 0.2) is 206 Å². The molecular formula is C65H69NO15. The quantitative estimate of drug-likeness (QED) is 0.0258. The van der Waals surface area contributed by atoms with Crippen LogP contribution in [0.2, 0.25) is 0 Å². The van der Waals surface area contributed by atoms with Crippen LogP contribution in [0.1, 0.15) is 51.8 Å². The highest BCUT2D eigenvalue weighted by Crippen LogP contribution is 2.35. The highest BCUT2D eigenvalue weighted by atomic mass is 16.8. The van der Waals surface area contributed by atoms with E-state index in [9.17, 15) is 14.9 Å². The van der Waals surface area contributed by atoms with Gasteiger partial charge < -0.3 is 56.8 Å². The molecule has 0 aromatic heterocycles. The molecule has 7 aromatic rings. The van der Waals surface area contributed by atoms with Crippen LogP contribution in [-0.2, 0) is 96.5 Å². The number of carbonyl (C=O) groups excluding carboxylic acids is 1. The van der Waals surface area contributed by atoms with Crippen molar-refractivity contribution in [2.45, 2.75) is 114 Å². The van der Waals surface area contributed by atoms with Crippen LogP contribution in [0.3, 0.4) is 0 Å². The molecule has 0 spiro atoms. The fourth-order valence-corrected chi connectivity index (χ4v) is 9.82. The molecule has 2 aliphatic rings. The Morgan fingerprint density at radius 3 is 1.16 bits per heavy atom. The predicted octanol–water partition coefficient (Wildman–Crippen LogP) is 11.5. The summed E-state index contributed by atoms with van der Waals surface area (Å²) in [5, 5.41) is 11.9. The number of ether oxygens (including phenoxy) is 12. The van der Waals surface area contributed by atoms with E-state index in [0.29, 0.717) is 5.56 Å². The lowest BCUT2D eigenvalue weighted by Crippen LogP contribution is -2.64. The van der Waals surface area contributed by atoms with Crippen molar-refractivity contribution in [2.75, 3.05) is 26.9 Å². The van der Waals surface area contributed by atoms with Crippen LogP contribution < -0.4 is 0 Å². The summed E-state index contributed by atoms with van der Waals surface area (Å²) < 4.78 is 79.6. The number of rotatable bonds is 28. The van der Waals surface area contributed by atoms with Gasteiger partial charge in [0.25, 0.3) is 5.69 Å². The molecule has 2 aliphatic heterocycles. The topological polar surface area (TPSA) is 171 Å². The van der Waals surface area contributed by atoms with Crippen molar-refractivity contribution in [3.63, 3.8) is 0 Å². The third-order valence-electron chi connectivity index (χ3n) is 14.0. The number of hydrogen-bond donors (Lipinski definition) is 0. The Balaban J connectivity index is 1.04. The standard InChI is InChI=1S/C65H69NO15/c1-46(53-35-21-22-36-54(53)66(68)69)37-78-65(67)79-45-56-58(72-39-48-25-11-4-12-26-48)60(74-41-50-29-15-6-16-30-50)62(76-43-52-33-19-8-20-34-52)64(81-56)77-44-55-57(71-38-47-23-9-3-10-24-47)59(73-40-49-27-13-5-14-28-49)61(63(70-2)80-55)75-42-51-31-17-7-18-32-51/h3-36,46,55-64H,37-45H2,1-2H3/t46?,55-,56-,57-,58+,59+,60+,61-,62-,63+,64?/m1/s1. The van der Waals surface area contributed by atoms with Crippen molar-refractivity contribution in [2.24, 2.45) is 0 Å². The van der Waals surface area contributed by atoms with E-state index in [1.165, 1.54) is 6.07 Å². The summed E-state index contributed by atoms with van der Waals surface area (Å²) in [6, 6.07) is 65.0. The van der Waals surface area contributed by atoms with Crippen LogP contribution in [-0.4, -0.2) is 99.4 Å². The molecule has 2 fully saturated rings. The number of carbonyl (C=O) groups is 1. The summed E-state index contributed by atoms with van der Waals surface area (Å²) in [7, 11) is 1.56. The van der Waals surface area contributed by atoms with Crippen molar-refractivity contribution in [1.29, 1.82) is 0 Å². The molecule has 81 heavy (non-hydrogen) atoms. The Morgan fingerprint density at radius 1 is 0.432 bits per heavy atom. The van der Waals surface area contributed by atoms with Gasteiger partial charge in [0.05, 0.1) is 51.2 Å². The Hall–Kier alpha value is -7.19. The van der Waals surface area contributed by atoms with Gasteiger partial charge in [-0.25, -0.2) is 4.79 Å². The molecule has 2 heterocycles. The first-order valence-corrected chi connectivity index (χ1v) is 27.2. The van der Waals surface area contributed by atoms with Crippen molar-refractivity contribution in [3.05, 3.63) is 255 Å². The van der Waals surface area contributed by atoms with E-state index in [4.69, 9.17) is 56.8 Å². The van der Waals surface area contributed by atoms with Crippen LogP contribution >= 0.6 is 0 Å². The van der Waals surface area contributed by atoms with Gasteiger partial charge in [-0.3, -0.25) is 10.1 Å². The van der Waals surface area contributed by atoms with Gasteiger partial charge >= 0.3 is 6.16 Å². The summed E-state index contributed by atoms with van der Waals surface area (Å²) in [5.74, 6) is -0.530. The van der Waals surface area contributed by atoms with E-state index >= 15 is 0 Å². The molecule has 9 rings (SSSR count). The van der Waals surface area contributed by atoms with Crippen LogP contribution in [0, 0.1) is 10.1 Å². The maximum absolute atomic E-state index is 13.6. The van der Waals surface area contributed by atoms with E-state index < -0.39 is 78.4 Å². The number of nitro benzene ring substituents is 1. The van der Waals surface area contributed by atoms with Crippen molar-refractivity contribution in [3.8, 4) is 0 Å². The number of methoxy groups -OCH3 is 1. The van der Waals surface area contributed by atoms with Crippen molar-refractivity contribution >= 4 is 11.8 Å². The minimum Gasteiger partial charge on any atom is -0.434 e. The number of nitrogens with zero attached hydrogens (tertiary/aromatic N) is 1. The van der Waals surface area contributed by atoms with Gasteiger partial charge in [-0.05, 0) is 33.4 Å². The van der Waals surface area contributed by atoms with Crippen LogP contribution in [0.4, 0.5) is 10.5 Å². The van der Waals surface area contributed by atoms with E-state index in [1.807, 2.05) is 182 Å². The van der Waals surface area contributed by atoms with E-state index in [-0.39, 0.29) is 65.1 Å². The van der Waals surface area contributed by atoms with E-state index in [1.54, 1.807) is 32.2 Å². The lowest BCUT2D eigenvalue weighted by molar-refractivity contribution is -0.385. The molecule has 7 aromatic carbocycles. The molecule has 424 valence electrons. The fourth-order valence-electron chi connectivity index (χ4n) is 9.82. The highest BCUT2D eigenvalue weighted by Gasteiger charge is 2.52. The smallest absolute Gasteiger partial charge is 0.434 e. The largest absolute Gasteiger partial charge is 0.508 e. The van der Waals surface area contributed by atoms with Gasteiger partial charge in [0.2, 0.25) is 0 Å². The first-order valence-electron chi connectivity index (χ1n) is 27.2. The highest BCUT2D eigenvalue weighted by molar-refractivity contribution is 5.60. The summed E-state index contributed by atoms with van der Waals surface area (Å²) in [4.78, 5) is 25.0.